The number of anilines is 1. The maximum atomic E-state index is 12.9. The minimum Gasteiger partial charge on any atom is -0.334 e. The third-order valence-corrected chi connectivity index (χ3v) is 6.60. The molecule has 0 radical (unpaired) electrons. The van der Waals surface area contributed by atoms with Gasteiger partial charge in [0.25, 0.3) is 15.9 Å². The lowest BCUT2D eigenvalue weighted by Gasteiger charge is -2.29. The number of carbonyl (C=O) groups is 1. The van der Waals surface area contributed by atoms with Gasteiger partial charge in [0.05, 0.1) is 10.6 Å². The fraction of sp³-hybridized carbons (Fsp3) is 0.174. The van der Waals surface area contributed by atoms with Crippen LogP contribution in [0, 0.1) is 6.92 Å². The second kappa shape index (κ2) is 7.72. The van der Waals surface area contributed by atoms with E-state index in [4.69, 9.17) is 0 Å². The number of amides is 1. The summed E-state index contributed by atoms with van der Waals surface area (Å²) in [5.41, 5.74) is 4.31. The number of aryl methyl sites for hydroxylation is 1. The van der Waals surface area contributed by atoms with E-state index in [1.54, 1.807) is 29.2 Å². The van der Waals surface area contributed by atoms with E-state index in [1.165, 1.54) is 17.7 Å². The summed E-state index contributed by atoms with van der Waals surface area (Å²) in [6.07, 6.45) is 0.828. The van der Waals surface area contributed by atoms with E-state index in [-0.39, 0.29) is 10.8 Å². The molecule has 1 aliphatic heterocycles. The Kier molecular flexibility index (Phi) is 5.11. The van der Waals surface area contributed by atoms with Crippen molar-refractivity contribution in [3.05, 3.63) is 95.1 Å². The highest BCUT2D eigenvalue weighted by Crippen LogP contribution is 2.22. The normalized spacial score (nSPS) is 13.6. The quantitative estimate of drug-likeness (QED) is 0.712. The van der Waals surface area contributed by atoms with Crippen LogP contribution in [0.25, 0.3) is 0 Å². The molecular weight excluding hydrogens is 384 g/mol. The molecule has 0 fully saturated rings. The summed E-state index contributed by atoms with van der Waals surface area (Å²) >= 11 is 0. The zero-order valence-electron chi connectivity index (χ0n) is 16.1. The van der Waals surface area contributed by atoms with Crippen LogP contribution < -0.4 is 4.72 Å². The van der Waals surface area contributed by atoms with Crippen LogP contribution in [0.4, 0.5) is 5.69 Å². The zero-order valence-corrected chi connectivity index (χ0v) is 16.9. The van der Waals surface area contributed by atoms with Gasteiger partial charge in [-0.25, -0.2) is 8.42 Å². The Morgan fingerprint density at radius 3 is 2.28 bits per heavy atom. The molecule has 1 N–H and O–H groups in total. The number of nitrogens with one attached hydrogen (secondary N) is 1. The molecule has 148 valence electrons. The number of hydrogen-bond acceptors (Lipinski definition) is 3. The molecule has 0 aliphatic carbocycles. The van der Waals surface area contributed by atoms with Gasteiger partial charge in [0.1, 0.15) is 0 Å². The Balaban J connectivity index is 1.50. The fourth-order valence-corrected chi connectivity index (χ4v) is 4.65. The Bertz CT molecular complexity index is 1150. The van der Waals surface area contributed by atoms with E-state index in [1.807, 2.05) is 37.3 Å². The van der Waals surface area contributed by atoms with Crippen molar-refractivity contribution in [3.63, 3.8) is 0 Å². The molecule has 3 aromatic rings. The summed E-state index contributed by atoms with van der Waals surface area (Å²) < 4.78 is 27.9. The first-order valence-electron chi connectivity index (χ1n) is 9.48. The van der Waals surface area contributed by atoms with Gasteiger partial charge < -0.3 is 4.90 Å². The van der Waals surface area contributed by atoms with Crippen LogP contribution in [-0.2, 0) is 23.0 Å². The Morgan fingerprint density at radius 1 is 0.897 bits per heavy atom. The van der Waals surface area contributed by atoms with Crippen molar-refractivity contribution < 1.29 is 13.2 Å². The van der Waals surface area contributed by atoms with E-state index in [0.717, 1.165) is 17.5 Å². The lowest BCUT2D eigenvalue weighted by molar-refractivity contribution is 0.0734. The van der Waals surface area contributed by atoms with Crippen molar-refractivity contribution in [1.82, 2.24) is 4.90 Å². The third-order valence-electron chi connectivity index (χ3n) is 5.22. The van der Waals surface area contributed by atoms with Crippen molar-refractivity contribution in [1.29, 1.82) is 0 Å². The van der Waals surface area contributed by atoms with Gasteiger partial charge in [-0.2, -0.15) is 0 Å². The van der Waals surface area contributed by atoms with Crippen LogP contribution in [0.2, 0.25) is 0 Å². The zero-order chi connectivity index (χ0) is 20.4. The standard InChI is InChI=1S/C23H22N2O3S/c1-17-6-2-5-9-22(17)24-29(27,28)21-12-10-19(11-13-21)23(26)25-15-14-18-7-3-4-8-20(18)16-25/h2-13,24H,14-16H2,1H3. The highest BCUT2D eigenvalue weighted by Gasteiger charge is 2.22. The first kappa shape index (κ1) is 19.2. The van der Waals surface area contributed by atoms with Gasteiger partial charge in [-0.1, -0.05) is 42.5 Å². The highest BCUT2D eigenvalue weighted by atomic mass is 32.2. The molecule has 4 rings (SSSR count). The molecular formula is C23H22N2O3S. The average molecular weight is 407 g/mol. The monoisotopic (exact) mass is 406 g/mol. The first-order chi connectivity index (χ1) is 13.9. The summed E-state index contributed by atoms with van der Waals surface area (Å²) in [7, 11) is -3.72. The number of rotatable bonds is 4. The SMILES string of the molecule is Cc1ccccc1NS(=O)(=O)c1ccc(C(=O)N2CCc3ccccc3C2)cc1. The summed E-state index contributed by atoms with van der Waals surface area (Å²) in [4.78, 5) is 14.8. The number of nitrogens with zero attached hydrogens (tertiary/aromatic N) is 1. The maximum absolute atomic E-state index is 12.9. The number of carbonyl (C=O) groups excluding carboxylic acids is 1. The lowest BCUT2D eigenvalue weighted by Crippen LogP contribution is -2.35. The molecule has 0 atom stereocenters. The minimum absolute atomic E-state index is 0.0877. The molecule has 3 aromatic carbocycles. The molecule has 1 aliphatic rings. The Labute approximate surface area is 171 Å². The molecule has 6 heteroatoms. The van der Waals surface area contributed by atoms with E-state index in [9.17, 15) is 13.2 Å². The molecule has 0 aromatic heterocycles. The number of fused-ring (bicyclic) bond motifs is 1. The van der Waals surface area contributed by atoms with Crippen molar-refractivity contribution in [2.75, 3.05) is 11.3 Å². The Hall–Kier alpha value is -3.12. The predicted octanol–water partition coefficient (Wildman–Crippen LogP) is 3.99. The number of para-hydroxylation sites is 1. The minimum atomic E-state index is -3.72. The number of hydrogen-bond donors (Lipinski definition) is 1. The molecule has 1 heterocycles. The van der Waals surface area contributed by atoms with Crippen LogP contribution in [0.15, 0.2) is 77.7 Å². The maximum Gasteiger partial charge on any atom is 0.261 e. The average Bonchev–Trinajstić information content (AvgIpc) is 2.74. The van der Waals surface area contributed by atoms with E-state index >= 15 is 0 Å². The molecule has 1 amide bonds. The molecule has 5 nitrogen and oxygen atoms in total. The fourth-order valence-electron chi connectivity index (χ4n) is 3.52. The van der Waals surface area contributed by atoms with Gasteiger partial charge in [0.15, 0.2) is 0 Å². The molecule has 0 saturated carbocycles. The Morgan fingerprint density at radius 2 is 1.55 bits per heavy atom. The van der Waals surface area contributed by atoms with Gasteiger partial charge in [-0.15, -0.1) is 0 Å². The smallest absolute Gasteiger partial charge is 0.261 e. The molecule has 29 heavy (non-hydrogen) atoms. The van der Waals surface area contributed by atoms with Crippen LogP contribution >= 0.6 is 0 Å². The predicted molar refractivity (Wildman–Crippen MR) is 113 cm³/mol. The van der Waals surface area contributed by atoms with Gasteiger partial charge in [-0.05, 0) is 60.4 Å². The van der Waals surface area contributed by atoms with Crippen LogP contribution in [0.5, 0.6) is 0 Å². The third kappa shape index (κ3) is 4.03. The van der Waals surface area contributed by atoms with Crippen LogP contribution in [-0.4, -0.2) is 25.8 Å². The van der Waals surface area contributed by atoms with Gasteiger partial charge >= 0.3 is 0 Å². The second-order valence-electron chi connectivity index (χ2n) is 7.19. The van der Waals surface area contributed by atoms with Crippen LogP contribution in [0.3, 0.4) is 0 Å². The van der Waals surface area contributed by atoms with Crippen molar-refractivity contribution >= 4 is 21.6 Å². The summed E-state index contributed by atoms with van der Waals surface area (Å²) in [5, 5.41) is 0. The second-order valence-corrected chi connectivity index (χ2v) is 8.87. The van der Waals surface area contributed by atoms with E-state index in [0.29, 0.717) is 24.3 Å². The molecule has 0 bridgehead atoms. The van der Waals surface area contributed by atoms with Crippen molar-refractivity contribution in [3.8, 4) is 0 Å². The van der Waals surface area contributed by atoms with Crippen molar-refractivity contribution in [2.45, 2.75) is 24.8 Å². The molecule has 0 spiro atoms. The summed E-state index contributed by atoms with van der Waals surface area (Å²) in [6, 6.07) is 21.4. The summed E-state index contributed by atoms with van der Waals surface area (Å²) in [5.74, 6) is -0.0877. The first-order valence-corrected chi connectivity index (χ1v) is 11.0. The highest BCUT2D eigenvalue weighted by molar-refractivity contribution is 7.92. The van der Waals surface area contributed by atoms with Gasteiger partial charge in [0.2, 0.25) is 0 Å². The van der Waals surface area contributed by atoms with Gasteiger partial charge in [-0.3, -0.25) is 9.52 Å². The largest absolute Gasteiger partial charge is 0.334 e. The van der Waals surface area contributed by atoms with Crippen LogP contribution in [0.1, 0.15) is 27.0 Å². The topological polar surface area (TPSA) is 66.5 Å². The summed E-state index contributed by atoms with van der Waals surface area (Å²) in [6.45, 7) is 3.07. The van der Waals surface area contributed by atoms with Crippen molar-refractivity contribution in [2.24, 2.45) is 0 Å². The molecule has 0 unspecified atom stereocenters. The molecule has 0 saturated heterocycles. The lowest BCUT2D eigenvalue weighted by atomic mass is 9.99. The van der Waals surface area contributed by atoms with Gasteiger partial charge in [0, 0.05) is 18.7 Å². The van der Waals surface area contributed by atoms with E-state index in [2.05, 4.69) is 10.8 Å². The van der Waals surface area contributed by atoms with E-state index < -0.39 is 10.0 Å². The number of benzene rings is 3. The number of sulfonamides is 1.